The van der Waals surface area contributed by atoms with Crippen molar-refractivity contribution in [3.05, 3.63) is 30.1 Å². The lowest BCUT2D eigenvalue weighted by Gasteiger charge is -2.36. The van der Waals surface area contributed by atoms with Crippen molar-refractivity contribution in [3.8, 4) is 0 Å². The van der Waals surface area contributed by atoms with Crippen LogP contribution in [-0.2, 0) is 0 Å². The van der Waals surface area contributed by atoms with E-state index >= 15 is 0 Å². The number of nitrogens with one attached hydrogen (secondary N) is 1. The van der Waals surface area contributed by atoms with Gasteiger partial charge in [0.05, 0.1) is 5.69 Å². The van der Waals surface area contributed by atoms with Crippen LogP contribution in [0.5, 0.6) is 0 Å². The first-order valence-corrected chi connectivity index (χ1v) is 12.1. The molecule has 0 amide bonds. The van der Waals surface area contributed by atoms with Gasteiger partial charge in [0.15, 0.2) is 5.96 Å². The predicted molar refractivity (Wildman–Crippen MR) is 126 cm³/mol. The molecule has 0 radical (unpaired) electrons. The maximum atomic E-state index is 14.0. The van der Waals surface area contributed by atoms with Gasteiger partial charge in [-0.3, -0.25) is 9.89 Å². The number of halogens is 1. The normalized spacial score (nSPS) is 23.7. The first-order chi connectivity index (χ1) is 15.2. The summed E-state index contributed by atoms with van der Waals surface area (Å²) in [7, 11) is 1.90. The van der Waals surface area contributed by atoms with E-state index < -0.39 is 0 Å². The van der Waals surface area contributed by atoms with E-state index in [2.05, 4.69) is 29.9 Å². The molecule has 31 heavy (non-hydrogen) atoms. The van der Waals surface area contributed by atoms with Crippen molar-refractivity contribution in [1.82, 2.24) is 20.0 Å². The second-order valence-electron chi connectivity index (χ2n) is 9.22. The first-order valence-electron chi connectivity index (χ1n) is 12.1. The fraction of sp³-hybridized carbons (Fsp3) is 0.708. The lowest BCUT2D eigenvalue weighted by molar-refractivity contribution is 0.254. The summed E-state index contributed by atoms with van der Waals surface area (Å²) in [5.41, 5.74) is 0.737. The number of rotatable bonds is 7. The Balaban J connectivity index is 1.12. The van der Waals surface area contributed by atoms with Gasteiger partial charge in [-0.2, -0.15) is 0 Å². The lowest BCUT2D eigenvalue weighted by Crippen LogP contribution is -2.47. The van der Waals surface area contributed by atoms with E-state index in [0.29, 0.717) is 0 Å². The summed E-state index contributed by atoms with van der Waals surface area (Å²) in [6.45, 7) is 11.9. The van der Waals surface area contributed by atoms with Crippen molar-refractivity contribution in [2.45, 2.75) is 25.7 Å². The minimum atomic E-state index is -0.115. The van der Waals surface area contributed by atoms with Crippen LogP contribution in [0.3, 0.4) is 0 Å². The van der Waals surface area contributed by atoms with Gasteiger partial charge in [0.2, 0.25) is 0 Å². The molecule has 6 nitrogen and oxygen atoms in total. The highest BCUT2D eigenvalue weighted by Gasteiger charge is 2.27. The van der Waals surface area contributed by atoms with E-state index in [0.717, 1.165) is 76.3 Å². The molecule has 7 heteroatoms. The van der Waals surface area contributed by atoms with Crippen molar-refractivity contribution >= 4 is 11.6 Å². The topological polar surface area (TPSA) is 37.4 Å². The van der Waals surface area contributed by atoms with Crippen LogP contribution in [-0.4, -0.2) is 99.7 Å². The van der Waals surface area contributed by atoms with E-state index in [1.807, 2.05) is 19.2 Å². The Morgan fingerprint density at radius 3 is 2.55 bits per heavy atom. The molecule has 3 fully saturated rings. The Bertz CT molecular complexity index is 712. The summed E-state index contributed by atoms with van der Waals surface area (Å²) in [4.78, 5) is 14.3. The average Bonchev–Trinajstić information content (AvgIpc) is 3.47. The van der Waals surface area contributed by atoms with E-state index in [9.17, 15) is 4.39 Å². The summed E-state index contributed by atoms with van der Waals surface area (Å²) in [5.74, 6) is 1.73. The molecule has 3 aliphatic rings. The standard InChI is InChI=1S/C24H39FN6/c1-26-24(31-14-9-21(20-31)19-29-11-4-5-12-29)27-10-6-13-28-15-17-30(18-16-28)23-8-3-2-7-22(23)25/h2-3,7-8,21H,4-6,9-20H2,1H3,(H,26,27). The van der Waals surface area contributed by atoms with Gasteiger partial charge < -0.3 is 20.0 Å². The molecule has 0 aromatic heterocycles. The van der Waals surface area contributed by atoms with Gasteiger partial charge in [-0.05, 0) is 63.4 Å². The predicted octanol–water partition coefficient (Wildman–Crippen LogP) is 2.33. The number of hydrogen-bond donors (Lipinski definition) is 1. The minimum absolute atomic E-state index is 0.115. The number of nitrogens with zero attached hydrogens (tertiary/aromatic N) is 5. The number of guanidine groups is 1. The number of likely N-dealkylation sites (tertiary alicyclic amines) is 2. The molecule has 0 spiro atoms. The molecule has 1 aromatic rings. The summed E-state index contributed by atoms with van der Waals surface area (Å²) >= 11 is 0. The molecule has 3 saturated heterocycles. The quantitative estimate of drug-likeness (QED) is 0.408. The highest BCUT2D eigenvalue weighted by molar-refractivity contribution is 5.80. The molecule has 1 atom stereocenters. The molecule has 1 N–H and O–H groups in total. The first kappa shape index (κ1) is 22.3. The van der Waals surface area contributed by atoms with Crippen LogP contribution in [0.2, 0.25) is 0 Å². The Hall–Kier alpha value is -1.86. The Morgan fingerprint density at radius 2 is 1.81 bits per heavy atom. The third-order valence-corrected chi connectivity index (χ3v) is 7.01. The van der Waals surface area contributed by atoms with E-state index in [1.165, 1.54) is 38.9 Å². The number of para-hydroxylation sites is 1. The van der Waals surface area contributed by atoms with Crippen LogP contribution in [0, 0.1) is 11.7 Å². The summed E-state index contributed by atoms with van der Waals surface area (Å²) < 4.78 is 14.0. The summed E-state index contributed by atoms with van der Waals surface area (Å²) in [6.07, 6.45) is 5.13. The summed E-state index contributed by atoms with van der Waals surface area (Å²) in [5, 5.41) is 3.58. The number of benzene rings is 1. The van der Waals surface area contributed by atoms with Crippen molar-refractivity contribution < 1.29 is 4.39 Å². The van der Waals surface area contributed by atoms with Crippen molar-refractivity contribution in [2.75, 3.05) is 83.9 Å². The van der Waals surface area contributed by atoms with Crippen molar-refractivity contribution in [3.63, 3.8) is 0 Å². The minimum Gasteiger partial charge on any atom is -0.367 e. The van der Waals surface area contributed by atoms with Gasteiger partial charge in [-0.25, -0.2) is 4.39 Å². The van der Waals surface area contributed by atoms with Gasteiger partial charge in [-0.15, -0.1) is 0 Å². The van der Waals surface area contributed by atoms with Crippen LogP contribution >= 0.6 is 0 Å². The SMILES string of the molecule is CN=C(NCCCN1CCN(c2ccccc2F)CC1)N1CCC(CN2CCCC2)C1. The number of piperazine rings is 1. The number of aliphatic imine (C=N–C) groups is 1. The average molecular weight is 431 g/mol. The van der Waals surface area contributed by atoms with Gasteiger partial charge in [-0.1, -0.05) is 12.1 Å². The zero-order valence-electron chi connectivity index (χ0n) is 19.1. The Labute approximate surface area is 187 Å². The summed E-state index contributed by atoms with van der Waals surface area (Å²) in [6, 6.07) is 7.11. The van der Waals surface area contributed by atoms with Crippen LogP contribution in [0.25, 0.3) is 0 Å². The maximum Gasteiger partial charge on any atom is 0.193 e. The smallest absolute Gasteiger partial charge is 0.193 e. The van der Waals surface area contributed by atoms with Crippen LogP contribution in [0.15, 0.2) is 29.3 Å². The van der Waals surface area contributed by atoms with E-state index in [4.69, 9.17) is 0 Å². The molecule has 1 aromatic carbocycles. The highest BCUT2D eigenvalue weighted by atomic mass is 19.1. The molecule has 1 unspecified atom stereocenters. The fourth-order valence-corrected chi connectivity index (χ4v) is 5.26. The molecule has 4 rings (SSSR count). The molecular weight excluding hydrogens is 391 g/mol. The van der Waals surface area contributed by atoms with E-state index in [-0.39, 0.29) is 5.82 Å². The maximum absolute atomic E-state index is 14.0. The molecule has 0 saturated carbocycles. The highest BCUT2D eigenvalue weighted by Crippen LogP contribution is 2.21. The largest absolute Gasteiger partial charge is 0.367 e. The molecule has 172 valence electrons. The van der Waals surface area contributed by atoms with Gasteiger partial charge in [0.25, 0.3) is 0 Å². The third kappa shape index (κ3) is 6.10. The number of anilines is 1. The van der Waals surface area contributed by atoms with Crippen LogP contribution in [0.4, 0.5) is 10.1 Å². The molecule has 3 heterocycles. The van der Waals surface area contributed by atoms with E-state index in [1.54, 1.807) is 12.1 Å². The zero-order valence-corrected chi connectivity index (χ0v) is 19.1. The molecule has 3 aliphatic heterocycles. The van der Waals surface area contributed by atoms with Gasteiger partial charge >= 0.3 is 0 Å². The van der Waals surface area contributed by atoms with Crippen molar-refractivity contribution in [1.29, 1.82) is 0 Å². The van der Waals surface area contributed by atoms with Crippen molar-refractivity contribution in [2.24, 2.45) is 10.9 Å². The zero-order chi connectivity index (χ0) is 21.5. The van der Waals surface area contributed by atoms with Gasteiger partial charge in [0.1, 0.15) is 5.82 Å². The van der Waals surface area contributed by atoms with Crippen LogP contribution < -0.4 is 10.2 Å². The third-order valence-electron chi connectivity index (χ3n) is 7.01. The van der Waals surface area contributed by atoms with Gasteiger partial charge in [0, 0.05) is 59.4 Å². The second-order valence-corrected chi connectivity index (χ2v) is 9.22. The molecule has 0 aliphatic carbocycles. The monoisotopic (exact) mass is 430 g/mol. The second kappa shape index (κ2) is 11.1. The van der Waals surface area contributed by atoms with Crippen LogP contribution in [0.1, 0.15) is 25.7 Å². The number of hydrogen-bond acceptors (Lipinski definition) is 4. The fourth-order valence-electron chi connectivity index (χ4n) is 5.26. The molecular formula is C24H39FN6. The molecule has 0 bridgehead atoms. The Morgan fingerprint density at radius 1 is 1.03 bits per heavy atom. The lowest BCUT2D eigenvalue weighted by atomic mass is 10.1. The Kier molecular flexibility index (Phi) is 8.03.